The number of amides is 6. The first kappa shape index (κ1) is 43.4. The molecule has 4 aromatic carbocycles. The van der Waals surface area contributed by atoms with Crippen molar-refractivity contribution in [3.05, 3.63) is 96.1 Å². The summed E-state index contributed by atoms with van der Waals surface area (Å²) in [6, 6.07) is 21.3. The van der Waals surface area contributed by atoms with Crippen LogP contribution in [0.25, 0.3) is 33.4 Å². The van der Waals surface area contributed by atoms with Crippen molar-refractivity contribution in [2.75, 3.05) is 37.9 Å². The van der Waals surface area contributed by atoms with Gasteiger partial charge < -0.3 is 40.5 Å². The normalized spacial score (nSPS) is 23.4. The zero-order chi connectivity index (χ0) is 45.9. The lowest BCUT2D eigenvalue weighted by molar-refractivity contribution is -0.140. The molecule has 4 fully saturated rings. The Bertz CT molecular complexity index is 2630. The Morgan fingerprint density at radius 1 is 0.662 bits per heavy atom. The number of carbonyl (C=O) groups is 6. The second-order valence-corrected chi connectivity index (χ2v) is 17.9. The summed E-state index contributed by atoms with van der Waals surface area (Å²) in [6.45, 7) is 4.33. The molecule has 16 heteroatoms. The molecule has 2 saturated heterocycles. The molecule has 2 aliphatic heterocycles. The lowest BCUT2D eigenvalue weighted by Gasteiger charge is -2.31. The summed E-state index contributed by atoms with van der Waals surface area (Å²) in [5, 5.41) is 11.1. The maximum absolute atomic E-state index is 16.5. The van der Waals surface area contributed by atoms with Crippen LogP contribution < -0.4 is 21.3 Å². The molecule has 2 heterocycles. The molecule has 0 spiro atoms. The summed E-state index contributed by atoms with van der Waals surface area (Å²) < 4.78 is 42.5. The van der Waals surface area contributed by atoms with Gasteiger partial charge in [0.25, 0.3) is 5.92 Å². The highest BCUT2D eigenvalue weighted by Crippen LogP contribution is 2.71. The van der Waals surface area contributed by atoms with E-state index in [-0.39, 0.29) is 46.6 Å². The van der Waals surface area contributed by atoms with Gasteiger partial charge in [-0.2, -0.15) is 8.78 Å². The maximum Gasteiger partial charge on any atom is 0.407 e. The third kappa shape index (κ3) is 7.71. The van der Waals surface area contributed by atoms with E-state index in [1.165, 1.54) is 31.3 Å². The molecule has 3 unspecified atom stereocenters. The number of rotatable bonds is 11. The predicted molar refractivity (Wildman–Crippen MR) is 237 cm³/mol. The van der Waals surface area contributed by atoms with Gasteiger partial charge >= 0.3 is 12.2 Å². The van der Waals surface area contributed by atoms with Crippen molar-refractivity contribution < 1.29 is 47.0 Å². The number of likely N-dealkylation sites (tertiary alicyclic amines) is 2. The Hall–Kier alpha value is -6.84. The number of nitrogens with one attached hydrogen (secondary N) is 4. The van der Waals surface area contributed by atoms with Gasteiger partial charge in [-0.15, -0.1) is 0 Å². The Morgan fingerprint density at radius 2 is 1.15 bits per heavy atom. The quantitative estimate of drug-likeness (QED) is 0.123. The van der Waals surface area contributed by atoms with Crippen LogP contribution in [0.4, 0.5) is 29.7 Å². The highest BCUT2D eigenvalue weighted by molar-refractivity contribution is 6.03. The average molecular weight is 889 g/mol. The number of hydrogen-bond donors (Lipinski definition) is 4. The number of anilines is 2. The lowest BCUT2D eigenvalue weighted by Crippen LogP contribution is -2.57. The zero-order valence-corrected chi connectivity index (χ0v) is 36.4. The van der Waals surface area contributed by atoms with Gasteiger partial charge in [-0.05, 0) is 120 Å². The third-order valence-electron chi connectivity index (χ3n) is 13.7. The van der Waals surface area contributed by atoms with Crippen LogP contribution in [-0.4, -0.2) is 96.6 Å². The van der Waals surface area contributed by atoms with Crippen molar-refractivity contribution >= 4 is 47.2 Å². The summed E-state index contributed by atoms with van der Waals surface area (Å²) in [5.41, 5.74) is 2.64. The topological polar surface area (TPSA) is 175 Å². The minimum atomic E-state index is -3.34. The van der Waals surface area contributed by atoms with Crippen LogP contribution in [-0.2, 0) is 34.6 Å². The Labute approximate surface area is 374 Å². The van der Waals surface area contributed by atoms with E-state index >= 15 is 8.78 Å². The van der Waals surface area contributed by atoms with Crippen molar-refractivity contribution in [1.82, 2.24) is 20.4 Å². The number of alkyl carbamates (subject to hydrolysis) is 2. The summed E-state index contributed by atoms with van der Waals surface area (Å²) >= 11 is 0. The van der Waals surface area contributed by atoms with E-state index < -0.39 is 47.7 Å². The molecule has 4 N–H and O–H groups in total. The van der Waals surface area contributed by atoms with Crippen molar-refractivity contribution in [1.29, 1.82) is 0 Å². The molecule has 5 aliphatic rings. The minimum Gasteiger partial charge on any atom is -0.453 e. The van der Waals surface area contributed by atoms with E-state index in [1.807, 2.05) is 0 Å². The van der Waals surface area contributed by atoms with Crippen LogP contribution in [0.2, 0.25) is 0 Å². The highest BCUT2D eigenvalue weighted by Gasteiger charge is 2.82. The van der Waals surface area contributed by atoms with E-state index in [2.05, 4.69) is 21.3 Å². The standard InChI is InChI=1S/C49H50F2N6O8/c1-26(2)41(54-46(62)64-3)44(60)56-19-7-13-39(56)42(58)52-31-11-5-9-27(21-31)29-15-17-33-34-18-16-30(24-36(34)49(50,51)35(33)23-29)28-10-6-12-32(22-28)53-43(59)40-14-8-20-57(40)45(61)48(37-25-38(37)48)55-47(63)65-4/h5-6,9-12,15-18,21-24,26,37-41H,7-8,13-14,19-20,25H2,1-4H3,(H,52,58)(H,53,59)(H,54,62)(H,55,63)/t37?,38?,39-,40-,41?,48?/m0/s1. The van der Waals surface area contributed by atoms with Gasteiger partial charge in [0, 0.05) is 35.6 Å². The number of alkyl halides is 2. The number of ether oxygens (including phenoxy) is 2. The highest BCUT2D eigenvalue weighted by atomic mass is 19.3. The van der Waals surface area contributed by atoms with Crippen molar-refractivity contribution in [3.8, 4) is 33.4 Å². The second-order valence-electron chi connectivity index (χ2n) is 17.9. The molecule has 338 valence electrons. The molecule has 0 bridgehead atoms. The predicted octanol–water partition coefficient (Wildman–Crippen LogP) is 7.13. The van der Waals surface area contributed by atoms with E-state index in [4.69, 9.17) is 9.47 Å². The first-order valence-electron chi connectivity index (χ1n) is 22.0. The smallest absolute Gasteiger partial charge is 0.407 e. The second kappa shape index (κ2) is 16.6. The van der Waals surface area contributed by atoms with Crippen LogP contribution in [0.3, 0.4) is 0 Å². The van der Waals surface area contributed by atoms with Crippen molar-refractivity contribution in [3.63, 3.8) is 0 Å². The largest absolute Gasteiger partial charge is 0.453 e. The number of benzene rings is 4. The molecular weight excluding hydrogens is 839 g/mol. The van der Waals surface area contributed by atoms with Crippen LogP contribution in [0, 0.1) is 17.8 Å². The molecule has 5 atom stereocenters. The van der Waals surface area contributed by atoms with Gasteiger partial charge in [-0.3, -0.25) is 19.2 Å². The molecule has 2 saturated carbocycles. The minimum absolute atomic E-state index is 0.0579. The summed E-state index contributed by atoms with van der Waals surface area (Å²) in [6.07, 6.45) is 1.58. The molecule has 65 heavy (non-hydrogen) atoms. The molecule has 6 amide bonds. The number of halogens is 2. The summed E-state index contributed by atoms with van der Waals surface area (Å²) in [5.74, 6) is -4.88. The fourth-order valence-corrected chi connectivity index (χ4v) is 10.0. The molecule has 0 aromatic heterocycles. The molecule has 14 nitrogen and oxygen atoms in total. The lowest BCUT2D eigenvalue weighted by atomic mass is 9.97. The summed E-state index contributed by atoms with van der Waals surface area (Å²) in [4.78, 5) is 81.5. The fourth-order valence-electron chi connectivity index (χ4n) is 10.0. The van der Waals surface area contributed by atoms with Crippen LogP contribution >= 0.6 is 0 Å². The molecule has 4 aromatic rings. The van der Waals surface area contributed by atoms with Crippen LogP contribution in [0.1, 0.15) is 57.1 Å². The monoisotopic (exact) mass is 888 g/mol. The van der Waals surface area contributed by atoms with Gasteiger partial charge in [0.15, 0.2) is 0 Å². The zero-order valence-electron chi connectivity index (χ0n) is 36.4. The fraction of sp³-hybridized carbons (Fsp3) is 0.388. The number of carbonyl (C=O) groups excluding carboxylic acids is 6. The first-order valence-corrected chi connectivity index (χ1v) is 22.0. The Kier molecular flexibility index (Phi) is 11.1. The van der Waals surface area contributed by atoms with Gasteiger partial charge in [-0.25, -0.2) is 9.59 Å². The third-order valence-corrected chi connectivity index (χ3v) is 13.7. The van der Waals surface area contributed by atoms with E-state index in [1.54, 1.807) is 91.5 Å². The van der Waals surface area contributed by atoms with Crippen molar-refractivity contribution in [2.24, 2.45) is 17.8 Å². The van der Waals surface area contributed by atoms with E-state index in [0.29, 0.717) is 83.5 Å². The van der Waals surface area contributed by atoms with Gasteiger partial charge in [0.05, 0.1) is 14.2 Å². The molecule has 0 radical (unpaired) electrons. The maximum atomic E-state index is 16.5. The Morgan fingerprint density at radius 3 is 1.63 bits per heavy atom. The molecule has 9 rings (SSSR count). The van der Waals surface area contributed by atoms with E-state index in [0.717, 1.165) is 6.42 Å². The van der Waals surface area contributed by atoms with Gasteiger partial charge in [-0.1, -0.05) is 62.4 Å². The van der Waals surface area contributed by atoms with E-state index in [9.17, 15) is 28.8 Å². The Balaban J connectivity index is 0.882. The number of methoxy groups -OCH3 is 2. The van der Waals surface area contributed by atoms with Crippen molar-refractivity contribution in [2.45, 2.75) is 75.5 Å². The first-order chi connectivity index (χ1) is 31.2. The van der Waals surface area contributed by atoms with Crippen LogP contribution in [0.5, 0.6) is 0 Å². The summed E-state index contributed by atoms with van der Waals surface area (Å²) in [7, 11) is 2.46. The van der Waals surface area contributed by atoms with Crippen LogP contribution in [0.15, 0.2) is 84.9 Å². The number of fused-ring (bicyclic) bond motifs is 4. The molecule has 3 aliphatic carbocycles. The van der Waals surface area contributed by atoms with Gasteiger partial charge in [0.1, 0.15) is 23.7 Å². The average Bonchev–Trinajstić information content (AvgIpc) is 4.00. The molecular formula is C49H50F2N6O8. The van der Waals surface area contributed by atoms with Gasteiger partial charge in [0.2, 0.25) is 23.6 Å². The SMILES string of the molecule is COC(=O)NC(C(=O)N1CCC[C@H]1C(=O)Nc1cccc(-c2ccc3c(c2)C(F)(F)c2cc(-c4cccc(NC(=O)[C@@H]5CCCN5C(=O)C5(NC(=O)OC)C6CC65)c4)ccc2-3)c1)C(C)C. The number of hydrogen-bond acceptors (Lipinski definition) is 8. The number of nitrogens with zero attached hydrogens (tertiary/aromatic N) is 2.